The van der Waals surface area contributed by atoms with Crippen molar-refractivity contribution in [2.45, 2.75) is 6.54 Å². The zero-order valence-electron chi connectivity index (χ0n) is 8.17. The Bertz CT molecular complexity index is 510. The molecule has 0 atom stereocenters. The zero-order valence-corrected chi connectivity index (χ0v) is 9.75. The number of aliphatic carboxylic acids is 1. The van der Waals surface area contributed by atoms with Crippen molar-refractivity contribution in [3.8, 4) is 11.4 Å². The predicted octanol–water partition coefficient (Wildman–Crippen LogP) is 1.79. The van der Waals surface area contributed by atoms with Gasteiger partial charge in [0, 0.05) is 5.56 Å². The average molecular weight is 282 g/mol. The number of rotatable bonds is 3. The van der Waals surface area contributed by atoms with Gasteiger partial charge in [-0.3, -0.25) is 4.79 Å². The van der Waals surface area contributed by atoms with E-state index in [1.807, 2.05) is 30.3 Å². The maximum Gasteiger partial charge on any atom is 0.325 e. The summed E-state index contributed by atoms with van der Waals surface area (Å²) in [6, 6.07) is 9.33. The number of halogens is 1. The number of carbonyl (C=O) groups is 1. The third kappa shape index (κ3) is 2.27. The van der Waals surface area contributed by atoms with Gasteiger partial charge in [-0.2, -0.15) is 0 Å². The van der Waals surface area contributed by atoms with E-state index in [0.29, 0.717) is 10.6 Å². The lowest BCUT2D eigenvalue weighted by atomic mass is 10.2. The molecule has 2 aromatic rings. The van der Waals surface area contributed by atoms with Crippen LogP contribution >= 0.6 is 15.9 Å². The maximum absolute atomic E-state index is 10.7. The second-order valence-electron chi connectivity index (χ2n) is 3.12. The van der Waals surface area contributed by atoms with Gasteiger partial charge in [-0.25, -0.2) is 9.67 Å². The van der Waals surface area contributed by atoms with Crippen LogP contribution in [-0.2, 0) is 11.3 Å². The van der Waals surface area contributed by atoms with Crippen molar-refractivity contribution in [1.29, 1.82) is 0 Å². The summed E-state index contributed by atoms with van der Waals surface area (Å²) < 4.78 is 1.73. The van der Waals surface area contributed by atoms with E-state index in [1.165, 1.54) is 4.68 Å². The third-order valence-electron chi connectivity index (χ3n) is 1.96. The molecule has 0 spiro atoms. The van der Waals surface area contributed by atoms with Gasteiger partial charge in [0.25, 0.3) is 0 Å². The summed E-state index contributed by atoms with van der Waals surface area (Å²) in [7, 11) is 0. The number of aromatic nitrogens is 3. The van der Waals surface area contributed by atoms with Crippen molar-refractivity contribution >= 4 is 21.9 Å². The molecule has 0 aliphatic heterocycles. The zero-order chi connectivity index (χ0) is 11.5. The van der Waals surface area contributed by atoms with E-state index in [-0.39, 0.29) is 6.54 Å². The van der Waals surface area contributed by atoms with E-state index in [0.717, 1.165) is 5.56 Å². The molecule has 1 aromatic heterocycles. The topological polar surface area (TPSA) is 68.0 Å². The Kier molecular flexibility index (Phi) is 3.00. The molecular formula is C10H8BrN3O2. The first kappa shape index (κ1) is 10.8. The van der Waals surface area contributed by atoms with Crippen molar-refractivity contribution in [3.63, 3.8) is 0 Å². The number of nitrogens with zero attached hydrogens (tertiary/aromatic N) is 3. The van der Waals surface area contributed by atoms with Crippen molar-refractivity contribution in [3.05, 3.63) is 35.1 Å². The van der Waals surface area contributed by atoms with Crippen LogP contribution in [0.3, 0.4) is 0 Å². The monoisotopic (exact) mass is 281 g/mol. The highest BCUT2D eigenvalue weighted by molar-refractivity contribution is 9.10. The molecule has 1 N–H and O–H groups in total. The molecule has 1 aromatic carbocycles. The van der Waals surface area contributed by atoms with Gasteiger partial charge in [0.15, 0.2) is 5.82 Å². The number of hydrogen-bond acceptors (Lipinski definition) is 3. The van der Waals surface area contributed by atoms with Gasteiger partial charge in [0.05, 0.1) is 0 Å². The van der Waals surface area contributed by atoms with E-state index < -0.39 is 5.97 Å². The molecule has 0 aliphatic carbocycles. The van der Waals surface area contributed by atoms with E-state index in [4.69, 9.17) is 5.11 Å². The smallest absolute Gasteiger partial charge is 0.325 e. The van der Waals surface area contributed by atoms with Crippen LogP contribution in [0.25, 0.3) is 11.4 Å². The lowest BCUT2D eigenvalue weighted by Gasteiger charge is -2.01. The molecule has 0 unspecified atom stereocenters. The molecule has 0 fully saturated rings. The summed E-state index contributed by atoms with van der Waals surface area (Å²) in [5.41, 5.74) is 0.835. The first-order valence-electron chi connectivity index (χ1n) is 4.54. The molecule has 5 nitrogen and oxygen atoms in total. The van der Waals surface area contributed by atoms with Crippen molar-refractivity contribution in [2.24, 2.45) is 0 Å². The van der Waals surface area contributed by atoms with Gasteiger partial charge in [-0.1, -0.05) is 30.3 Å². The van der Waals surface area contributed by atoms with Crippen molar-refractivity contribution in [1.82, 2.24) is 14.8 Å². The van der Waals surface area contributed by atoms with Crippen LogP contribution in [0.4, 0.5) is 0 Å². The number of hydrogen-bond donors (Lipinski definition) is 1. The van der Waals surface area contributed by atoms with Crippen LogP contribution in [0.5, 0.6) is 0 Å². The normalized spacial score (nSPS) is 10.3. The SMILES string of the molecule is O=C(O)Cn1nc(Br)nc1-c1ccccc1. The van der Waals surface area contributed by atoms with Crippen LogP contribution < -0.4 is 0 Å². The van der Waals surface area contributed by atoms with Crippen LogP contribution in [0.1, 0.15) is 0 Å². The summed E-state index contributed by atoms with van der Waals surface area (Å²) in [6.45, 7) is -0.206. The summed E-state index contributed by atoms with van der Waals surface area (Å²) in [6.07, 6.45) is 0. The van der Waals surface area contributed by atoms with Gasteiger partial charge in [-0.15, -0.1) is 5.10 Å². The van der Waals surface area contributed by atoms with Crippen LogP contribution in [-0.4, -0.2) is 25.8 Å². The Labute approximate surface area is 99.9 Å². The Morgan fingerprint density at radius 3 is 2.69 bits per heavy atom. The number of benzene rings is 1. The highest BCUT2D eigenvalue weighted by Crippen LogP contribution is 2.18. The first-order chi connectivity index (χ1) is 7.66. The minimum Gasteiger partial charge on any atom is -0.480 e. The standard InChI is InChI=1S/C10H8BrN3O2/c11-10-12-9(7-4-2-1-3-5-7)14(13-10)6-8(15)16/h1-5H,6H2,(H,15,16). The molecule has 0 saturated heterocycles. The molecular weight excluding hydrogens is 274 g/mol. The summed E-state index contributed by atoms with van der Waals surface area (Å²) in [5, 5.41) is 12.7. The molecule has 2 rings (SSSR count). The van der Waals surface area contributed by atoms with Gasteiger partial charge >= 0.3 is 5.97 Å². The third-order valence-corrected chi connectivity index (χ3v) is 2.30. The first-order valence-corrected chi connectivity index (χ1v) is 5.33. The van der Waals surface area contributed by atoms with Crippen molar-refractivity contribution in [2.75, 3.05) is 0 Å². The molecule has 0 saturated carbocycles. The Balaban J connectivity index is 2.44. The van der Waals surface area contributed by atoms with Gasteiger partial charge in [0.1, 0.15) is 6.54 Å². The molecule has 82 valence electrons. The van der Waals surface area contributed by atoms with Gasteiger partial charge in [-0.05, 0) is 15.9 Å². The molecule has 6 heteroatoms. The van der Waals surface area contributed by atoms with E-state index >= 15 is 0 Å². The van der Waals surface area contributed by atoms with Crippen LogP contribution in [0.2, 0.25) is 0 Å². The minimum atomic E-state index is -0.949. The Morgan fingerprint density at radius 2 is 2.06 bits per heavy atom. The van der Waals surface area contributed by atoms with Crippen LogP contribution in [0, 0.1) is 0 Å². The molecule has 0 amide bonds. The average Bonchev–Trinajstić information content (AvgIpc) is 2.60. The van der Waals surface area contributed by atoms with Gasteiger partial charge < -0.3 is 5.11 Å². The molecule has 16 heavy (non-hydrogen) atoms. The number of carboxylic acid groups (broad SMARTS) is 1. The predicted molar refractivity (Wildman–Crippen MR) is 60.8 cm³/mol. The molecule has 0 radical (unpaired) electrons. The van der Waals surface area contributed by atoms with E-state index in [2.05, 4.69) is 26.0 Å². The highest BCUT2D eigenvalue weighted by atomic mass is 79.9. The molecule has 0 aliphatic rings. The summed E-state index contributed by atoms with van der Waals surface area (Å²) >= 11 is 3.13. The highest BCUT2D eigenvalue weighted by Gasteiger charge is 2.12. The maximum atomic E-state index is 10.7. The second kappa shape index (κ2) is 4.44. The van der Waals surface area contributed by atoms with Crippen LogP contribution in [0.15, 0.2) is 35.1 Å². The van der Waals surface area contributed by atoms with E-state index in [1.54, 1.807) is 0 Å². The summed E-state index contributed by atoms with van der Waals surface area (Å²) in [4.78, 5) is 14.8. The van der Waals surface area contributed by atoms with E-state index in [9.17, 15) is 4.79 Å². The largest absolute Gasteiger partial charge is 0.480 e. The number of carboxylic acids is 1. The molecule has 1 heterocycles. The lowest BCUT2D eigenvalue weighted by Crippen LogP contribution is -2.11. The summed E-state index contributed by atoms with van der Waals surface area (Å²) in [5.74, 6) is -0.413. The van der Waals surface area contributed by atoms with Crippen molar-refractivity contribution < 1.29 is 9.90 Å². The fraction of sp³-hybridized carbons (Fsp3) is 0.100. The Hall–Kier alpha value is -1.69. The minimum absolute atomic E-state index is 0.206. The lowest BCUT2D eigenvalue weighted by molar-refractivity contribution is -0.137. The quantitative estimate of drug-likeness (QED) is 0.932. The Morgan fingerprint density at radius 1 is 1.38 bits per heavy atom. The molecule has 0 bridgehead atoms. The van der Waals surface area contributed by atoms with Gasteiger partial charge in [0.2, 0.25) is 4.73 Å². The fourth-order valence-corrected chi connectivity index (χ4v) is 1.71. The fourth-order valence-electron chi connectivity index (χ4n) is 1.35. The second-order valence-corrected chi connectivity index (χ2v) is 3.83.